The second-order valence-corrected chi connectivity index (χ2v) is 10.1. The SMILES string of the molecule is CCS(=O)(=O)c1ccc(Oc2cc3[nH]c(-c4ccccn4)nc3cc2Oc2ccccc2C(F)F)cn1. The van der Waals surface area contributed by atoms with Gasteiger partial charge < -0.3 is 14.5 Å². The van der Waals surface area contributed by atoms with Crippen LogP contribution in [0.15, 0.2) is 84.1 Å². The van der Waals surface area contributed by atoms with Crippen molar-refractivity contribution in [2.75, 3.05) is 5.75 Å². The second-order valence-electron chi connectivity index (χ2n) is 7.89. The number of alkyl halides is 2. The van der Waals surface area contributed by atoms with E-state index in [-0.39, 0.29) is 39.3 Å². The van der Waals surface area contributed by atoms with E-state index < -0.39 is 16.3 Å². The Bertz CT molecular complexity index is 1660. The van der Waals surface area contributed by atoms with Crippen LogP contribution in [0.4, 0.5) is 8.78 Å². The van der Waals surface area contributed by atoms with Gasteiger partial charge in [0.05, 0.1) is 28.5 Å². The van der Waals surface area contributed by atoms with Crippen LogP contribution in [-0.4, -0.2) is 34.1 Å². The Morgan fingerprint density at radius 2 is 1.70 bits per heavy atom. The van der Waals surface area contributed by atoms with Crippen molar-refractivity contribution >= 4 is 20.9 Å². The summed E-state index contributed by atoms with van der Waals surface area (Å²) in [4.78, 5) is 16.0. The average molecular weight is 523 g/mol. The molecule has 0 spiro atoms. The molecule has 0 amide bonds. The number of fused-ring (bicyclic) bond motifs is 1. The highest BCUT2D eigenvalue weighted by atomic mass is 32.2. The van der Waals surface area contributed by atoms with Crippen molar-refractivity contribution in [3.63, 3.8) is 0 Å². The van der Waals surface area contributed by atoms with E-state index in [1.165, 1.54) is 43.5 Å². The van der Waals surface area contributed by atoms with Crippen molar-refractivity contribution in [1.82, 2.24) is 19.9 Å². The highest BCUT2D eigenvalue weighted by Crippen LogP contribution is 2.40. The molecule has 8 nitrogen and oxygen atoms in total. The van der Waals surface area contributed by atoms with E-state index in [1.807, 2.05) is 6.07 Å². The third-order valence-electron chi connectivity index (χ3n) is 5.46. The third kappa shape index (κ3) is 5.12. The summed E-state index contributed by atoms with van der Waals surface area (Å²) >= 11 is 0. The molecule has 5 aromatic rings. The number of benzene rings is 2. The number of H-pyrrole nitrogens is 1. The fourth-order valence-electron chi connectivity index (χ4n) is 3.56. The summed E-state index contributed by atoms with van der Waals surface area (Å²) in [5.41, 5.74) is 1.42. The Kier molecular flexibility index (Phi) is 6.53. The van der Waals surface area contributed by atoms with Crippen molar-refractivity contribution in [2.45, 2.75) is 18.4 Å². The number of rotatable bonds is 8. The van der Waals surface area contributed by atoms with Crippen LogP contribution in [0, 0.1) is 0 Å². The summed E-state index contributed by atoms with van der Waals surface area (Å²) in [5, 5.41) is -0.0753. The Morgan fingerprint density at radius 1 is 0.919 bits per heavy atom. The van der Waals surface area contributed by atoms with E-state index in [4.69, 9.17) is 9.47 Å². The first-order chi connectivity index (χ1) is 17.8. The van der Waals surface area contributed by atoms with E-state index in [2.05, 4.69) is 19.9 Å². The molecule has 2 aromatic carbocycles. The van der Waals surface area contributed by atoms with Crippen LogP contribution in [0.5, 0.6) is 23.0 Å². The van der Waals surface area contributed by atoms with E-state index in [0.717, 1.165) is 0 Å². The lowest BCUT2D eigenvalue weighted by molar-refractivity contribution is 0.148. The zero-order valence-electron chi connectivity index (χ0n) is 19.4. The summed E-state index contributed by atoms with van der Waals surface area (Å²) in [7, 11) is -3.48. The number of aromatic amines is 1. The number of para-hydroxylation sites is 1. The zero-order chi connectivity index (χ0) is 26.0. The summed E-state index contributed by atoms with van der Waals surface area (Å²) < 4.78 is 63.2. The Morgan fingerprint density at radius 3 is 2.41 bits per heavy atom. The predicted octanol–water partition coefficient (Wildman–Crippen LogP) is 6.34. The van der Waals surface area contributed by atoms with E-state index >= 15 is 0 Å². The van der Waals surface area contributed by atoms with Crippen molar-refractivity contribution in [2.24, 2.45) is 0 Å². The number of sulfone groups is 1. The zero-order valence-corrected chi connectivity index (χ0v) is 20.2. The number of ether oxygens (including phenoxy) is 2. The van der Waals surface area contributed by atoms with Gasteiger partial charge in [-0.05, 0) is 36.4 Å². The minimum absolute atomic E-state index is 0.0373. The molecule has 0 aliphatic carbocycles. The molecule has 0 atom stereocenters. The predicted molar refractivity (Wildman–Crippen MR) is 133 cm³/mol. The Balaban J connectivity index is 1.57. The van der Waals surface area contributed by atoms with Crippen molar-refractivity contribution in [3.05, 3.63) is 84.7 Å². The van der Waals surface area contributed by atoms with Crippen LogP contribution in [0.2, 0.25) is 0 Å². The molecule has 37 heavy (non-hydrogen) atoms. The fourth-order valence-corrected chi connectivity index (χ4v) is 4.34. The molecule has 0 unspecified atom stereocenters. The van der Waals surface area contributed by atoms with Crippen molar-refractivity contribution in [3.8, 4) is 34.5 Å². The van der Waals surface area contributed by atoms with Gasteiger partial charge in [0.15, 0.2) is 32.2 Å². The van der Waals surface area contributed by atoms with Gasteiger partial charge in [0.2, 0.25) is 0 Å². The number of nitrogens with one attached hydrogen (secondary N) is 1. The monoisotopic (exact) mass is 522 g/mol. The lowest BCUT2D eigenvalue weighted by atomic mass is 10.2. The van der Waals surface area contributed by atoms with Crippen LogP contribution in [0.3, 0.4) is 0 Å². The molecule has 1 N–H and O–H groups in total. The van der Waals surface area contributed by atoms with Gasteiger partial charge in [-0.2, -0.15) is 0 Å². The molecular formula is C26H20F2N4O4S. The van der Waals surface area contributed by atoms with Gasteiger partial charge in [-0.3, -0.25) is 4.98 Å². The fraction of sp³-hybridized carbons (Fsp3) is 0.115. The van der Waals surface area contributed by atoms with Crippen molar-refractivity contribution in [1.29, 1.82) is 0 Å². The number of hydrogen-bond donors (Lipinski definition) is 1. The Labute approximate surface area is 210 Å². The molecule has 0 aliphatic rings. The Hall–Kier alpha value is -4.38. The number of halogens is 2. The minimum Gasteiger partial charge on any atom is -0.453 e. The van der Waals surface area contributed by atoms with E-state index in [9.17, 15) is 17.2 Å². The van der Waals surface area contributed by atoms with Gasteiger partial charge in [-0.15, -0.1) is 0 Å². The smallest absolute Gasteiger partial charge is 0.267 e. The molecule has 3 heterocycles. The molecule has 0 radical (unpaired) electrons. The number of pyridine rings is 2. The highest BCUT2D eigenvalue weighted by molar-refractivity contribution is 7.91. The number of nitrogens with zero attached hydrogens (tertiary/aromatic N) is 3. The largest absolute Gasteiger partial charge is 0.453 e. The molecule has 188 valence electrons. The molecule has 0 saturated carbocycles. The molecule has 0 saturated heterocycles. The van der Waals surface area contributed by atoms with Crippen LogP contribution < -0.4 is 9.47 Å². The average Bonchev–Trinajstić information content (AvgIpc) is 3.33. The molecule has 3 aromatic heterocycles. The minimum atomic E-state index is -3.48. The van der Waals surface area contributed by atoms with E-state index in [1.54, 1.807) is 36.5 Å². The van der Waals surface area contributed by atoms with Gasteiger partial charge in [-0.1, -0.05) is 25.1 Å². The van der Waals surface area contributed by atoms with Gasteiger partial charge in [0.25, 0.3) is 6.43 Å². The summed E-state index contributed by atoms with van der Waals surface area (Å²) in [6.45, 7) is 1.53. The number of aromatic nitrogens is 4. The molecule has 11 heteroatoms. The quantitative estimate of drug-likeness (QED) is 0.254. The van der Waals surface area contributed by atoms with Gasteiger partial charge in [0.1, 0.15) is 17.2 Å². The maximum absolute atomic E-state index is 13.6. The van der Waals surface area contributed by atoms with Gasteiger partial charge >= 0.3 is 0 Å². The van der Waals surface area contributed by atoms with Gasteiger partial charge in [0, 0.05) is 18.3 Å². The molecule has 0 aliphatic heterocycles. The molecule has 5 rings (SSSR count). The lowest BCUT2D eigenvalue weighted by Gasteiger charge is -2.15. The van der Waals surface area contributed by atoms with Crippen LogP contribution in [-0.2, 0) is 9.84 Å². The topological polar surface area (TPSA) is 107 Å². The maximum atomic E-state index is 13.6. The van der Waals surface area contributed by atoms with Crippen LogP contribution in [0.25, 0.3) is 22.6 Å². The normalized spacial score (nSPS) is 11.7. The second kappa shape index (κ2) is 9.94. The summed E-state index contributed by atoms with van der Waals surface area (Å²) in [6, 6.07) is 17.2. The van der Waals surface area contributed by atoms with Crippen LogP contribution >= 0.6 is 0 Å². The first-order valence-corrected chi connectivity index (χ1v) is 12.9. The highest BCUT2D eigenvalue weighted by Gasteiger charge is 2.19. The van der Waals surface area contributed by atoms with Gasteiger partial charge in [-0.25, -0.2) is 27.2 Å². The number of hydrogen-bond acceptors (Lipinski definition) is 7. The first kappa shape index (κ1) is 24.3. The van der Waals surface area contributed by atoms with E-state index in [0.29, 0.717) is 22.6 Å². The lowest BCUT2D eigenvalue weighted by Crippen LogP contribution is -2.05. The number of imidazole rings is 1. The van der Waals surface area contributed by atoms with Crippen molar-refractivity contribution < 1.29 is 26.7 Å². The summed E-state index contributed by atoms with van der Waals surface area (Å²) in [6.07, 6.45) is 0.167. The third-order valence-corrected chi connectivity index (χ3v) is 7.10. The van der Waals surface area contributed by atoms with Crippen LogP contribution in [0.1, 0.15) is 18.9 Å². The standard InChI is InChI=1S/C26H20F2N4O4S/c1-2-37(33,34)24-11-10-16(15-30-24)35-22-13-19-20(32-26(31-19)18-8-5-6-12-29-18)14-23(22)36-21-9-4-3-7-17(21)25(27)28/h3-15,25H,2H2,1H3,(H,31,32). The maximum Gasteiger partial charge on any atom is 0.267 e. The molecule has 0 fully saturated rings. The first-order valence-electron chi connectivity index (χ1n) is 11.2. The summed E-state index contributed by atoms with van der Waals surface area (Å²) in [5.74, 6) is 0.917. The molecular weight excluding hydrogens is 502 g/mol. The molecule has 0 bridgehead atoms.